The van der Waals surface area contributed by atoms with Crippen molar-refractivity contribution >= 4 is 5.97 Å². The van der Waals surface area contributed by atoms with Gasteiger partial charge >= 0.3 is 5.97 Å². The largest absolute Gasteiger partial charge is 0.480 e. The minimum absolute atomic E-state index is 0.0907. The molecule has 1 N–H and O–H groups in total. The minimum atomic E-state index is -1.02. The fourth-order valence-corrected chi connectivity index (χ4v) is 3.40. The lowest BCUT2D eigenvalue weighted by molar-refractivity contribution is -0.358. The second-order valence-electron chi connectivity index (χ2n) is 6.84. The Bertz CT molecular complexity index is 462. The first-order valence-electron chi connectivity index (χ1n) is 9.34. The third-order valence-corrected chi connectivity index (χ3v) is 4.40. The van der Waals surface area contributed by atoms with E-state index in [1.807, 2.05) is 0 Å². The maximum Gasteiger partial charge on any atom is 0.317 e. The molecule has 0 aromatic heterocycles. The predicted molar refractivity (Wildman–Crippen MR) is 90.6 cm³/mol. The number of hydrogen-bond donors (Lipinski definition) is 1. The average molecular weight is 391 g/mol. The molecule has 0 aliphatic carbocycles. The summed E-state index contributed by atoms with van der Waals surface area (Å²) < 4.78 is 40.1. The maximum atomic E-state index is 11.2. The van der Waals surface area contributed by atoms with Gasteiger partial charge in [0, 0.05) is 6.54 Å². The number of hydrogen-bond acceptors (Lipinski definition) is 9. The second-order valence-corrected chi connectivity index (χ2v) is 6.84. The highest BCUT2D eigenvalue weighted by atomic mass is 16.8. The molecule has 0 aromatic carbocycles. The average Bonchev–Trinajstić information content (AvgIpc) is 2.61. The molecule has 3 fully saturated rings. The Balaban J connectivity index is 1.64. The van der Waals surface area contributed by atoms with E-state index in [2.05, 4.69) is 0 Å². The van der Waals surface area contributed by atoms with Crippen LogP contribution in [-0.4, -0.2) is 120 Å². The smallest absolute Gasteiger partial charge is 0.317 e. The molecule has 3 bridgehead atoms. The van der Waals surface area contributed by atoms with Crippen molar-refractivity contribution in [2.24, 2.45) is 0 Å². The fraction of sp³-hybridized carbons (Fsp3) is 0.941. The normalized spacial score (nSPS) is 35.3. The third kappa shape index (κ3) is 6.91. The number of carbonyl (C=O) groups is 1. The summed E-state index contributed by atoms with van der Waals surface area (Å²) in [6, 6.07) is 0. The van der Waals surface area contributed by atoms with Crippen molar-refractivity contribution in [2.45, 2.75) is 18.0 Å². The Hall–Kier alpha value is -0.850. The lowest BCUT2D eigenvalue weighted by Gasteiger charge is -2.48. The molecular weight excluding hydrogens is 362 g/mol. The van der Waals surface area contributed by atoms with Gasteiger partial charge in [0.15, 0.2) is 0 Å². The van der Waals surface area contributed by atoms with Crippen LogP contribution in [0.15, 0.2) is 0 Å². The zero-order valence-electron chi connectivity index (χ0n) is 15.5. The molecule has 3 rings (SSSR count). The second kappa shape index (κ2) is 10.6. The Morgan fingerprint density at radius 1 is 0.852 bits per heavy atom. The molecule has 3 heterocycles. The predicted octanol–water partition coefficient (Wildman–Crippen LogP) is -1.04. The maximum absolute atomic E-state index is 11.2. The number of aliphatic carboxylic acids is 1. The van der Waals surface area contributed by atoms with Crippen LogP contribution in [0, 0.1) is 0 Å². The van der Waals surface area contributed by atoms with Gasteiger partial charge in [-0.1, -0.05) is 0 Å². The molecule has 0 radical (unpaired) electrons. The molecule has 156 valence electrons. The van der Waals surface area contributed by atoms with Crippen LogP contribution in [0.1, 0.15) is 0 Å². The number of fused-ring (bicyclic) bond motifs is 2. The van der Waals surface area contributed by atoms with Crippen molar-refractivity contribution in [1.29, 1.82) is 0 Å². The number of morpholine rings is 1. The lowest BCUT2D eigenvalue weighted by Crippen LogP contribution is -2.64. The molecule has 3 saturated heterocycles. The molecule has 3 aliphatic rings. The van der Waals surface area contributed by atoms with Gasteiger partial charge < -0.3 is 38.3 Å². The van der Waals surface area contributed by atoms with E-state index in [1.165, 1.54) is 0 Å². The van der Waals surface area contributed by atoms with Crippen molar-refractivity contribution in [1.82, 2.24) is 4.90 Å². The summed E-state index contributed by atoms with van der Waals surface area (Å²) in [7, 11) is 0. The summed E-state index contributed by atoms with van der Waals surface area (Å²) in [4.78, 5) is 13.0. The van der Waals surface area contributed by atoms with Gasteiger partial charge in [0.2, 0.25) is 5.79 Å². The van der Waals surface area contributed by atoms with Gasteiger partial charge in [-0.2, -0.15) is 0 Å². The van der Waals surface area contributed by atoms with Crippen LogP contribution in [0.2, 0.25) is 0 Å². The van der Waals surface area contributed by atoms with E-state index in [9.17, 15) is 9.90 Å². The SMILES string of the molecule is O=C(O)CN1CC2COCCOCCOCCOCC3COCC(C1)(O3)O2. The summed E-state index contributed by atoms with van der Waals surface area (Å²) in [5.41, 5.74) is 0. The molecule has 10 nitrogen and oxygen atoms in total. The monoisotopic (exact) mass is 391 g/mol. The van der Waals surface area contributed by atoms with Gasteiger partial charge in [0.25, 0.3) is 0 Å². The summed E-state index contributed by atoms with van der Waals surface area (Å²) in [6.07, 6.45) is -0.607. The molecular formula is C17H29NO9. The van der Waals surface area contributed by atoms with Crippen molar-refractivity contribution in [3.63, 3.8) is 0 Å². The number of carboxylic acids is 1. The Labute approximate surface area is 158 Å². The standard InChI is InChI=1S/C17H29NO9/c19-16(20)8-18-7-14-9-23-5-3-21-1-2-22-4-6-24-10-15-11-25-13-17(12-18,26-14)27-15/h14-15H,1-13H2,(H,19,20). The summed E-state index contributed by atoms with van der Waals surface area (Å²) in [5, 5.41) is 9.18. The van der Waals surface area contributed by atoms with Gasteiger partial charge in [-0.15, -0.1) is 0 Å². The highest BCUT2D eigenvalue weighted by Gasteiger charge is 2.46. The van der Waals surface area contributed by atoms with Crippen LogP contribution >= 0.6 is 0 Å². The van der Waals surface area contributed by atoms with Crippen LogP contribution < -0.4 is 0 Å². The number of carboxylic acid groups (broad SMARTS) is 1. The molecule has 0 aromatic rings. The number of nitrogens with zero attached hydrogens (tertiary/aromatic N) is 1. The number of rotatable bonds is 2. The number of ether oxygens (including phenoxy) is 7. The van der Waals surface area contributed by atoms with Crippen molar-refractivity contribution in [2.75, 3.05) is 85.7 Å². The third-order valence-electron chi connectivity index (χ3n) is 4.40. The van der Waals surface area contributed by atoms with Crippen LogP contribution in [-0.2, 0) is 38.0 Å². The highest BCUT2D eigenvalue weighted by molar-refractivity contribution is 5.69. The van der Waals surface area contributed by atoms with E-state index in [-0.39, 0.29) is 25.4 Å². The molecule has 3 atom stereocenters. The Morgan fingerprint density at radius 3 is 2.07 bits per heavy atom. The van der Waals surface area contributed by atoms with E-state index in [0.29, 0.717) is 72.6 Å². The van der Waals surface area contributed by atoms with Crippen molar-refractivity contribution in [3.8, 4) is 0 Å². The molecule has 0 saturated carbocycles. The van der Waals surface area contributed by atoms with E-state index < -0.39 is 11.8 Å². The molecule has 3 unspecified atom stereocenters. The van der Waals surface area contributed by atoms with E-state index in [4.69, 9.17) is 33.2 Å². The quantitative estimate of drug-likeness (QED) is 0.628. The first-order chi connectivity index (χ1) is 13.2. The van der Waals surface area contributed by atoms with E-state index in [1.54, 1.807) is 4.90 Å². The van der Waals surface area contributed by atoms with Crippen molar-refractivity contribution < 1.29 is 43.1 Å². The first-order valence-corrected chi connectivity index (χ1v) is 9.34. The Kier molecular flexibility index (Phi) is 8.22. The minimum Gasteiger partial charge on any atom is -0.480 e. The van der Waals surface area contributed by atoms with Gasteiger partial charge in [0.05, 0.1) is 78.7 Å². The van der Waals surface area contributed by atoms with E-state index >= 15 is 0 Å². The van der Waals surface area contributed by atoms with Gasteiger partial charge in [-0.25, -0.2) is 0 Å². The van der Waals surface area contributed by atoms with E-state index in [0.717, 1.165) is 0 Å². The molecule has 10 heteroatoms. The highest BCUT2D eigenvalue weighted by Crippen LogP contribution is 2.29. The molecule has 0 amide bonds. The summed E-state index contributed by atoms with van der Waals surface area (Å²) >= 11 is 0. The fourth-order valence-electron chi connectivity index (χ4n) is 3.40. The molecule has 27 heavy (non-hydrogen) atoms. The van der Waals surface area contributed by atoms with Crippen LogP contribution in [0.25, 0.3) is 0 Å². The zero-order chi connectivity index (χ0) is 19.0. The van der Waals surface area contributed by atoms with Crippen LogP contribution in [0.3, 0.4) is 0 Å². The molecule has 3 aliphatic heterocycles. The zero-order valence-corrected chi connectivity index (χ0v) is 15.5. The van der Waals surface area contributed by atoms with Gasteiger partial charge in [-0.3, -0.25) is 9.69 Å². The summed E-state index contributed by atoms with van der Waals surface area (Å²) in [6.45, 7) is 4.80. The summed E-state index contributed by atoms with van der Waals surface area (Å²) in [5.74, 6) is -1.91. The van der Waals surface area contributed by atoms with Crippen molar-refractivity contribution in [3.05, 3.63) is 0 Å². The van der Waals surface area contributed by atoms with Gasteiger partial charge in [0.1, 0.15) is 12.7 Å². The van der Waals surface area contributed by atoms with Gasteiger partial charge in [-0.05, 0) is 0 Å². The van der Waals surface area contributed by atoms with Crippen LogP contribution in [0.4, 0.5) is 0 Å². The molecule has 1 spiro atoms. The Morgan fingerprint density at radius 2 is 1.41 bits per heavy atom. The lowest BCUT2D eigenvalue weighted by atomic mass is 10.1. The van der Waals surface area contributed by atoms with Crippen LogP contribution in [0.5, 0.6) is 0 Å². The topological polar surface area (TPSA) is 105 Å². The first kappa shape index (κ1) is 20.9.